The van der Waals surface area contributed by atoms with E-state index >= 15 is 0 Å². The molecule has 0 spiro atoms. The van der Waals surface area contributed by atoms with Crippen LogP contribution in [0.25, 0.3) is 0 Å². The summed E-state index contributed by atoms with van der Waals surface area (Å²) in [6.45, 7) is 0.447. The second-order valence-corrected chi connectivity index (χ2v) is 3.07. The maximum atomic E-state index is 11.8. The van der Waals surface area contributed by atoms with E-state index in [9.17, 15) is 4.39 Å². The summed E-state index contributed by atoms with van der Waals surface area (Å²) >= 11 is 0. The van der Waals surface area contributed by atoms with E-state index in [2.05, 4.69) is 5.32 Å². The average molecular weight is 197 g/mol. The smallest absolute Gasteiger partial charge is 0.231 e. The summed E-state index contributed by atoms with van der Waals surface area (Å²) in [5.41, 5.74) is 1.12. The second kappa shape index (κ2) is 4.28. The van der Waals surface area contributed by atoms with Crippen molar-refractivity contribution in [1.82, 2.24) is 5.32 Å². The molecule has 1 heterocycles. The van der Waals surface area contributed by atoms with Gasteiger partial charge in [0.25, 0.3) is 0 Å². The van der Waals surface area contributed by atoms with Crippen LogP contribution in [0.3, 0.4) is 0 Å². The normalized spacial score (nSPS) is 13.2. The third-order valence-corrected chi connectivity index (χ3v) is 2.12. The van der Waals surface area contributed by atoms with Crippen molar-refractivity contribution in [2.45, 2.75) is 6.42 Å². The molecule has 3 nitrogen and oxygen atoms in total. The van der Waals surface area contributed by atoms with Crippen molar-refractivity contribution in [3.8, 4) is 11.5 Å². The van der Waals surface area contributed by atoms with Crippen LogP contribution in [0.15, 0.2) is 18.2 Å². The molecule has 0 amide bonds. The molecule has 1 N–H and O–H groups in total. The molecule has 1 aliphatic rings. The number of rotatable bonds is 4. The third kappa shape index (κ3) is 1.96. The number of ether oxygens (including phenoxy) is 2. The maximum Gasteiger partial charge on any atom is 0.231 e. The van der Waals surface area contributed by atoms with Crippen LogP contribution < -0.4 is 14.8 Å². The first kappa shape index (κ1) is 9.27. The monoisotopic (exact) mass is 197 g/mol. The molecule has 0 saturated heterocycles. The zero-order chi connectivity index (χ0) is 9.80. The molecule has 1 aliphatic heterocycles. The van der Waals surface area contributed by atoms with Gasteiger partial charge in [0.05, 0.1) is 0 Å². The zero-order valence-corrected chi connectivity index (χ0v) is 7.75. The van der Waals surface area contributed by atoms with Gasteiger partial charge in [0, 0.05) is 6.54 Å². The predicted octanol–water partition coefficient (Wildman–Crippen LogP) is 1.47. The highest BCUT2D eigenvalue weighted by atomic mass is 19.1. The Hall–Kier alpha value is -1.29. The first-order valence-electron chi connectivity index (χ1n) is 4.55. The molecular weight excluding hydrogens is 185 g/mol. The number of halogens is 1. The van der Waals surface area contributed by atoms with Crippen LogP contribution in [0, 0.1) is 0 Å². The molecule has 0 atom stereocenters. The molecule has 14 heavy (non-hydrogen) atoms. The summed E-state index contributed by atoms with van der Waals surface area (Å²) < 4.78 is 22.2. The van der Waals surface area contributed by atoms with E-state index in [0.717, 1.165) is 23.5 Å². The topological polar surface area (TPSA) is 30.5 Å². The minimum absolute atomic E-state index is 0.293. The highest BCUT2D eigenvalue weighted by Crippen LogP contribution is 2.32. The Balaban J connectivity index is 1.98. The van der Waals surface area contributed by atoms with Crippen molar-refractivity contribution in [2.75, 3.05) is 20.1 Å². The average Bonchev–Trinajstić information content (AvgIpc) is 2.65. The summed E-state index contributed by atoms with van der Waals surface area (Å²) in [7, 11) is 0. The molecule has 0 unspecified atom stereocenters. The number of benzene rings is 1. The van der Waals surface area contributed by atoms with Gasteiger partial charge in [-0.2, -0.15) is 0 Å². The first-order chi connectivity index (χ1) is 6.90. The van der Waals surface area contributed by atoms with Crippen molar-refractivity contribution in [2.24, 2.45) is 0 Å². The highest BCUT2D eigenvalue weighted by molar-refractivity contribution is 5.44. The predicted molar refractivity (Wildman–Crippen MR) is 50.2 cm³/mol. The summed E-state index contributed by atoms with van der Waals surface area (Å²) in [6, 6.07) is 5.78. The Morgan fingerprint density at radius 2 is 2.14 bits per heavy atom. The molecular formula is C10H12FNO2. The van der Waals surface area contributed by atoms with Crippen LogP contribution in [0.5, 0.6) is 11.5 Å². The lowest BCUT2D eigenvalue weighted by atomic mass is 10.1. The van der Waals surface area contributed by atoms with Gasteiger partial charge in [-0.25, -0.2) is 4.39 Å². The molecule has 0 saturated carbocycles. The Kier molecular flexibility index (Phi) is 2.84. The Bertz CT molecular complexity index is 317. The van der Waals surface area contributed by atoms with E-state index < -0.39 is 6.80 Å². The molecule has 2 rings (SSSR count). The zero-order valence-electron chi connectivity index (χ0n) is 7.75. The van der Waals surface area contributed by atoms with Crippen molar-refractivity contribution in [3.05, 3.63) is 23.8 Å². The van der Waals surface area contributed by atoms with Gasteiger partial charge in [-0.15, -0.1) is 0 Å². The van der Waals surface area contributed by atoms with Crippen LogP contribution in [0.1, 0.15) is 5.56 Å². The quantitative estimate of drug-likeness (QED) is 0.585. The van der Waals surface area contributed by atoms with Crippen molar-refractivity contribution in [1.29, 1.82) is 0 Å². The Morgan fingerprint density at radius 1 is 1.29 bits per heavy atom. The lowest BCUT2D eigenvalue weighted by molar-refractivity contribution is 0.174. The minimum atomic E-state index is -0.482. The number of hydrogen-bond acceptors (Lipinski definition) is 3. The summed E-state index contributed by atoms with van der Waals surface area (Å²) in [5, 5.41) is 2.63. The SMILES string of the molecule is FCNCCc1ccc2c(c1)OCO2. The molecule has 0 fully saturated rings. The second-order valence-electron chi connectivity index (χ2n) is 3.07. The fourth-order valence-electron chi connectivity index (χ4n) is 1.40. The van der Waals surface area contributed by atoms with Gasteiger partial charge in [0.1, 0.15) is 6.80 Å². The number of nitrogens with one attached hydrogen (secondary N) is 1. The van der Waals surface area contributed by atoms with E-state index in [1.165, 1.54) is 0 Å². The highest BCUT2D eigenvalue weighted by Gasteiger charge is 2.12. The molecule has 1 aromatic carbocycles. The van der Waals surface area contributed by atoms with Gasteiger partial charge < -0.3 is 9.47 Å². The van der Waals surface area contributed by atoms with Gasteiger partial charge in [-0.3, -0.25) is 5.32 Å². The maximum absolute atomic E-state index is 11.8. The van der Waals surface area contributed by atoms with Crippen molar-refractivity contribution >= 4 is 0 Å². The van der Waals surface area contributed by atoms with Gasteiger partial charge in [0.2, 0.25) is 6.79 Å². The van der Waals surface area contributed by atoms with Crippen LogP contribution in [0.2, 0.25) is 0 Å². The summed E-state index contributed by atoms with van der Waals surface area (Å²) in [6.07, 6.45) is 0.792. The fraction of sp³-hybridized carbons (Fsp3) is 0.400. The summed E-state index contributed by atoms with van der Waals surface area (Å²) in [4.78, 5) is 0. The van der Waals surface area contributed by atoms with Crippen LogP contribution in [-0.2, 0) is 6.42 Å². The lowest BCUT2D eigenvalue weighted by Gasteiger charge is -2.02. The number of fused-ring (bicyclic) bond motifs is 1. The van der Waals surface area contributed by atoms with Crippen LogP contribution >= 0.6 is 0 Å². The minimum Gasteiger partial charge on any atom is -0.454 e. The Morgan fingerprint density at radius 3 is 3.00 bits per heavy atom. The standard InChI is InChI=1S/C10H12FNO2/c11-6-12-4-3-8-1-2-9-10(5-8)14-7-13-9/h1-2,5,12H,3-4,6-7H2. The Labute approximate surface area is 81.8 Å². The molecule has 4 heteroatoms. The van der Waals surface area contributed by atoms with Crippen molar-refractivity contribution in [3.63, 3.8) is 0 Å². The van der Waals surface area contributed by atoms with E-state index in [-0.39, 0.29) is 0 Å². The van der Waals surface area contributed by atoms with Gasteiger partial charge in [-0.05, 0) is 24.1 Å². The lowest BCUT2D eigenvalue weighted by Crippen LogP contribution is -2.15. The van der Waals surface area contributed by atoms with Crippen LogP contribution in [0.4, 0.5) is 4.39 Å². The fourth-order valence-corrected chi connectivity index (χ4v) is 1.40. The largest absolute Gasteiger partial charge is 0.454 e. The summed E-state index contributed by atoms with van der Waals surface area (Å²) in [5.74, 6) is 1.56. The van der Waals surface area contributed by atoms with Crippen molar-refractivity contribution < 1.29 is 13.9 Å². The molecule has 0 bridgehead atoms. The molecule has 0 radical (unpaired) electrons. The van der Waals surface area contributed by atoms with E-state index in [1.807, 2.05) is 18.2 Å². The molecule has 1 aromatic rings. The van der Waals surface area contributed by atoms with Crippen LogP contribution in [-0.4, -0.2) is 20.1 Å². The van der Waals surface area contributed by atoms with Gasteiger partial charge in [0.15, 0.2) is 11.5 Å². The first-order valence-corrected chi connectivity index (χ1v) is 4.55. The van der Waals surface area contributed by atoms with Gasteiger partial charge in [-0.1, -0.05) is 6.07 Å². The van der Waals surface area contributed by atoms with Gasteiger partial charge >= 0.3 is 0 Å². The molecule has 0 aliphatic carbocycles. The molecule has 76 valence electrons. The van der Waals surface area contributed by atoms with E-state index in [4.69, 9.17) is 9.47 Å². The molecule has 0 aromatic heterocycles. The third-order valence-electron chi connectivity index (χ3n) is 2.12. The van der Waals surface area contributed by atoms with E-state index in [0.29, 0.717) is 13.3 Å². The number of alkyl halides is 1. The van der Waals surface area contributed by atoms with E-state index in [1.54, 1.807) is 0 Å². The number of hydrogen-bond donors (Lipinski definition) is 1.